The van der Waals surface area contributed by atoms with E-state index in [-0.39, 0.29) is 18.3 Å². The maximum absolute atomic E-state index is 13.1. The summed E-state index contributed by atoms with van der Waals surface area (Å²) in [6.45, 7) is 0.632. The Balaban J connectivity index is 1.59. The molecule has 3 aromatic carbocycles. The van der Waals surface area contributed by atoms with E-state index in [1.54, 1.807) is 30.3 Å². The Morgan fingerprint density at radius 3 is 2.46 bits per heavy atom. The fourth-order valence-electron chi connectivity index (χ4n) is 3.01. The van der Waals surface area contributed by atoms with Crippen LogP contribution in [0.3, 0.4) is 0 Å². The standard InChI is InChI=1S/C22H17FN2O3/c23-18-9-6-16(7-10-18)14-25-19-12-17(8-11-20(19)28-22(25)27)21(26)24-13-15-4-2-1-3-5-15/h1-12H,13-14H2,(H,24,26). The van der Waals surface area contributed by atoms with Gasteiger partial charge in [0.2, 0.25) is 0 Å². The van der Waals surface area contributed by atoms with E-state index in [0.29, 0.717) is 23.2 Å². The van der Waals surface area contributed by atoms with Gasteiger partial charge < -0.3 is 9.73 Å². The maximum Gasteiger partial charge on any atom is 0.420 e. The Kier molecular flexibility index (Phi) is 4.76. The van der Waals surface area contributed by atoms with Crippen molar-refractivity contribution in [3.8, 4) is 0 Å². The number of amides is 1. The van der Waals surface area contributed by atoms with E-state index in [0.717, 1.165) is 11.1 Å². The van der Waals surface area contributed by atoms with E-state index >= 15 is 0 Å². The molecule has 1 amide bonds. The van der Waals surface area contributed by atoms with Crippen molar-refractivity contribution >= 4 is 17.0 Å². The molecule has 0 saturated heterocycles. The van der Waals surface area contributed by atoms with Crippen LogP contribution in [-0.2, 0) is 13.1 Å². The average Bonchev–Trinajstić information content (AvgIpc) is 3.03. The zero-order chi connectivity index (χ0) is 19.5. The highest BCUT2D eigenvalue weighted by Gasteiger charge is 2.13. The van der Waals surface area contributed by atoms with Crippen LogP contribution in [0.2, 0.25) is 0 Å². The minimum atomic E-state index is -0.527. The molecule has 28 heavy (non-hydrogen) atoms. The molecular weight excluding hydrogens is 359 g/mol. The van der Waals surface area contributed by atoms with Crippen LogP contribution in [0, 0.1) is 5.82 Å². The Hall–Kier alpha value is -3.67. The van der Waals surface area contributed by atoms with Gasteiger partial charge in [-0.2, -0.15) is 0 Å². The molecule has 1 aromatic heterocycles. The number of rotatable bonds is 5. The molecule has 5 nitrogen and oxygen atoms in total. The highest BCUT2D eigenvalue weighted by Crippen LogP contribution is 2.17. The van der Waals surface area contributed by atoms with Crippen LogP contribution in [0.15, 0.2) is 82.0 Å². The second-order valence-corrected chi connectivity index (χ2v) is 6.43. The second-order valence-electron chi connectivity index (χ2n) is 6.43. The number of halogens is 1. The predicted molar refractivity (Wildman–Crippen MR) is 104 cm³/mol. The van der Waals surface area contributed by atoms with Crippen molar-refractivity contribution in [2.24, 2.45) is 0 Å². The SMILES string of the molecule is O=C(NCc1ccccc1)c1ccc2oc(=O)n(Cc3ccc(F)cc3)c2c1. The zero-order valence-electron chi connectivity index (χ0n) is 14.9. The number of fused-ring (bicyclic) bond motifs is 1. The Bertz CT molecular complexity index is 1180. The van der Waals surface area contributed by atoms with Crippen LogP contribution in [0.5, 0.6) is 0 Å². The molecule has 4 aromatic rings. The van der Waals surface area contributed by atoms with Gasteiger partial charge in [-0.15, -0.1) is 0 Å². The van der Waals surface area contributed by atoms with Gasteiger partial charge in [0.05, 0.1) is 12.1 Å². The molecule has 1 heterocycles. The molecule has 0 spiro atoms. The molecule has 0 radical (unpaired) electrons. The molecule has 140 valence electrons. The van der Waals surface area contributed by atoms with Gasteiger partial charge in [0.15, 0.2) is 5.58 Å². The molecule has 4 rings (SSSR count). The van der Waals surface area contributed by atoms with E-state index in [9.17, 15) is 14.0 Å². The lowest BCUT2D eigenvalue weighted by Crippen LogP contribution is -2.22. The van der Waals surface area contributed by atoms with Crippen LogP contribution < -0.4 is 11.1 Å². The van der Waals surface area contributed by atoms with Gasteiger partial charge in [0, 0.05) is 12.1 Å². The molecule has 0 aliphatic heterocycles. The van der Waals surface area contributed by atoms with Crippen molar-refractivity contribution in [3.05, 3.63) is 106 Å². The van der Waals surface area contributed by atoms with Gasteiger partial charge in [0.1, 0.15) is 5.82 Å². The third kappa shape index (κ3) is 3.71. The van der Waals surface area contributed by atoms with E-state index in [1.165, 1.54) is 16.7 Å². The Labute approximate surface area is 160 Å². The number of nitrogens with zero attached hydrogens (tertiary/aromatic N) is 1. The first kappa shape index (κ1) is 17.7. The molecule has 0 unspecified atom stereocenters. The zero-order valence-corrected chi connectivity index (χ0v) is 14.9. The number of benzene rings is 3. The lowest BCUT2D eigenvalue weighted by atomic mass is 10.1. The fourth-order valence-corrected chi connectivity index (χ4v) is 3.01. The van der Waals surface area contributed by atoms with E-state index in [1.807, 2.05) is 30.3 Å². The smallest absolute Gasteiger partial charge is 0.408 e. The summed E-state index contributed by atoms with van der Waals surface area (Å²) < 4.78 is 19.8. The number of aromatic nitrogens is 1. The number of hydrogen-bond donors (Lipinski definition) is 1. The average molecular weight is 376 g/mol. The molecule has 0 saturated carbocycles. The molecule has 1 N–H and O–H groups in total. The first-order valence-electron chi connectivity index (χ1n) is 8.80. The third-order valence-electron chi connectivity index (χ3n) is 4.48. The lowest BCUT2D eigenvalue weighted by molar-refractivity contribution is 0.0951. The Morgan fingerprint density at radius 1 is 0.964 bits per heavy atom. The number of hydrogen-bond acceptors (Lipinski definition) is 3. The highest BCUT2D eigenvalue weighted by molar-refractivity contribution is 5.97. The van der Waals surface area contributed by atoms with Crippen molar-refractivity contribution in [2.45, 2.75) is 13.1 Å². The number of oxazole rings is 1. The molecule has 0 atom stereocenters. The van der Waals surface area contributed by atoms with Gasteiger partial charge >= 0.3 is 5.76 Å². The first-order valence-corrected chi connectivity index (χ1v) is 8.80. The lowest BCUT2D eigenvalue weighted by Gasteiger charge is -2.07. The van der Waals surface area contributed by atoms with Crippen LogP contribution in [0.1, 0.15) is 21.5 Å². The summed E-state index contributed by atoms with van der Waals surface area (Å²) in [5, 5.41) is 2.86. The molecule has 0 aliphatic rings. The molecular formula is C22H17FN2O3. The summed E-state index contributed by atoms with van der Waals surface area (Å²) in [5.41, 5.74) is 3.09. The van der Waals surface area contributed by atoms with Gasteiger partial charge in [-0.3, -0.25) is 9.36 Å². The molecule has 6 heteroatoms. The topological polar surface area (TPSA) is 64.2 Å². The van der Waals surface area contributed by atoms with Crippen molar-refractivity contribution < 1.29 is 13.6 Å². The Morgan fingerprint density at radius 2 is 1.71 bits per heavy atom. The van der Waals surface area contributed by atoms with Crippen LogP contribution >= 0.6 is 0 Å². The summed E-state index contributed by atoms with van der Waals surface area (Å²) >= 11 is 0. The van der Waals surface area contributed by atoms with Gasteiger partial charge in [0.25, 0.3) is 5.91 Å². The van der Waals surface area contributed by atoms with Crippen molar-refractivity contribution in [2.75, 3.05) is 0 Å². The minimum Gasteiger partial charge on any atom is -0.408 e. The van der Waals surface area contributed by atoms with Gasteiger partial charge in [-0.25, -0.2) is 9.18 Å². The predicted octanol–water partition coefficient (Wildman–Crippen LogP) is 3.71. The maximum atomic E-state index is 13.1. The summed E-state index contributed by atoms with van der Waals surface area (Å²) in [5.74, 6) is -1.11. The second kappa shape index (κ2) is 7.52. The van der Waals surface area contributed by atoms with Crippen molar-refractivity contribution in [3.63, 3.8) is 0 Å². The van der Waals surface area contributed by atoms with Crippen LogP contribution in [-0.4, -0.2) is 10.5 Å². The number of nitrogens with one attached hydrogen (secondary N) is 1. The highest BCUT2D eigenvalue weighted by atomic mass is 19.1. The van der Waals surface area contributed by atoms with E-state index < -0.39 is 5.76 Å². The fraction of sp³-hybridized carbons (Fsp3) is 0.0909. The molecule has 0 bridgehead atoms. The normalized spacial score (nSPS) is 10.9. The number of carbonyl (C=O) groups excluding carboxylic acids is 1. The molecule has 0 aliphatic carbocycles. The van der Waals surface area contributed by atoms with E-state index in [2.05, 4.69) is 5.32 Å². The van der Waals surface area contributed by atoms with Crippen LogP contribution in [0.25, 0.3) is 11.1 Å². The third-order valence-corrected chi connectivity index (χ3v) is 4.48. The van der Waals surface area contributed by atoms with Crippen molar-refractivity contribution in [1.29, 1.82) is 0 Å². The largest absolute Gasteiger partial charge is 0.420 e. The summed E-state index contributed by atoms with van der Waals surface area (Å²) in [6.07, 6.45) is 0. The quantitative estimate of drug-likeness (QED) is 0.577. The van der Waals surface area contributed by atoms with E-state index in [4.69, 9.17) is 4.42 Å². The van der Waals surface area contributed by atoms with Gasteiger partial charge in [-0.1, -0.05) is 42.5 Å². The minimum absolute atomic E-state index is 0.223. The first-order chi connectivity index (χ1) is 13.6. The van der Waals surface area contributed by atoms with Crippen LogP contribution in [0.4, 0.5) is 4.39 Å². The van der Waals surface area contributed by atoms with Crippen molar-refractivity contribution in [1.82, 2.24) is 9.88 Å². The summed E-state index contributed by atoms with van der Waals surface area (Å²) in [7, 11) is 0. The summed E-state index contributed by atoms with van der Waals surface area (Å²) in [4.78, 5) is 24.7. The molecule has 0 fully saturated rings. The monoisotopic (exact) mass is 376 g/mol. The number of carbonyl (C=O) groups is 1. The summed E-state index contributed by atoms with van der Waals surface area (Å²) in [6, 6.07) is 20.3. The van der Waals surface area contributed by atoms with Gasteiger partial charge in [-0.05, 0) is 41.5 Å².